The summed E-state index contributed by atoms with van der Waals surface area (Å²) in [5, 5.41) is 4.69. The molecule has 1 atom stereocenters. The number of hydrogen-bond donors (Lipinski definition) is 1. The summed E-state index contributed by atoms with van der Waals surface area (Å²) >= 11 is 1.38. The Balaban J connectivity index is 1.36. The fourth-order valence-electron chi connectivity index (χ4n) is 3.88. The van der Waals surface area contributed by atoms with Gasteiger partial charge in [0, 0.05) is 37.4 Å². The minimum Gasteiger partial charge on any atom is -0.378 e. The Labute approximate surface area is 179 Å². The fourth-order valence-corrected chi connectivity index (χ4v) is 4.50. The smallest absolute Gasteiger partial charge is 0.265 e. The number of anilines is 1. The minimum atomic E-state index is -0.162. The second-order valence-electron chi connectivity index (χ2n) is 7.54. The minimum absolute atomic E-state index is 0.0781. The highest BCUT2D eigenvalue weighted by Crippen LogP contribution is 2.22. The standard InChI is InChI=1S/C22H25N3O4S/c26-20(19-4-2-14-30-19)23-18-7-5-16(6-8-18)21(27)25-9-1-3-17(15-25)22(28)24-10-12-29-13-11-24/h2,4-8,14,17H,1,3,9-13,15H2,(H,23,26). The Morgan fingerprint density at radius 2 is 1.77 bits per heavy atom. The molecule has 0 aliphatic carbocycles. The van der Waals surface area contributed by atoms with Gasteiger partial charge in [-0.1, -0.05) is 6.07 Å². The van der Waals surface area contributed by atoms with Gasteiger partial charge in [-0.15, -0.1) is 11.3 Å². The summed E-state index contributed by atoms with van der Waals surface area (Å²) in [6.07, 6.45) is 1.63. The van der Waals surface area contributed by atoms with Crippen molar-refractivity contribution >= 4 is 34.7 Å². The predicted molar refractivity (Wildman–Crippen MR) is 115 cm³/mol. The molecule has 1 aromatic heterocycles. The van der Waals surface area contributed by atoms with Crippen molar-refractivity contribution in [1.82, 2.24) is 9.80 Å². The lowest BCUT2D eigenvalue weighted by Gasteiger charge is -2.36. The predicted octanol–water partition coefficient (Wildman–Crippen LogP) is 2.71. The number of carbonyl (C=O) groups is 3. The zero-order valence-electron chi connectivity index (χ0n) is 16.7. The van der Waals surface area contributed by atoms with Gasteiger partial charge in [-0.05, 0) is 48.6 Å². The van der Waals surface area contributed by atoms with Gasteiger partial charge in [0.1, 0.15) is 0 Å². The molecule has 0 spiro atoms. The largest absolute Gasteiger partial charge is 0.378 e. The summed E-state index contributed by atoms with van der Waals surface area (Å²) in [7, 11) is 0. The number of hydrogen-bond acceptors (Lipinski definition) is 5. The Bertz CT molecular complexity index is 892. The molecule has 2 aliphatic rings. The lowest BCUT2D eigenvalue weighted by Crippen LogP contribution is -2.49. The molecule has 1 N–H and O–H groups in total. The molecule has 4 rings (SSSR count). The molecule has 0 bridgehead atoms. The molecule has 0 radical (unpaired) electrons. The SMILES string of the molecule is O=C(Nc1ccc(C(=O)N2CCCC(C(=O)N3CCOCC3)C2)cc1)c1cccs1. The number of likely N-dealkylation sites (tertiary alicyclic amines) is 1. The van der Waals surface area contributed by atoms with Crippen LogP contribution in [0.1, 0.15) is 32.9 Å². The second kappa shape index (κ2) is 9.40. The first kappa shape index (κ1) is 20.6. The first-order valence-corrected chi connectivity index (χ1v) is 11.1. The zero-order valence-corrected chi connectivity index (χ0v) is 17.5. The van der Waals surface area contributed by atoms with E-state index in [9.17, 15) is 14.4 Å². The van der Waals surface area contributed by atoms with Crippen molar-refractivity contribution in [2.24, 2.45) is 5.92 Å². The third-order valence-electron chi connectivity index (χ3n) is 5.52. The average molecular weight is 428 g/mol. The van der Waals surface area contributed by atoms with Crippen LogP contribution in [-0.2, 0) is 9.53 Å². The van der Waals surface area contributed by atoms with E-state index in [1.54, 1.807) is 35.2 Å². The van der Waals surface area contributed by atoms with Crippen LogP contribution in [0.5, 0.6) is 0 Å². The molecular formula is C22H25N3O4S. The van der Waals surface area contributed by atoms with E-state index in [0.717, 1.165) is 12.8 Å². The molecule has 7 nitrogen and oxygen atoms in total. The molecule has 1 unspecified atom stereocenters. The number of piperidine rings is 1. The summed E-state index contributed by atoms with van der Waals surface area (Å²) in [5.41, 5.74) is 1.20. The van der Waals surface area contributed by atoms with E-state index in [1.807, 2.05) is 16.3 Å². The lowest BCUT2D eigenvalue weighted by atomic mass is 9.95. The van der Waals surface area contributed by atoms with Crippen molar-refractivity contribution in [3.8, 4) is 0 Å². The number of rotatable bonds is 4. The van der Waals surface area contributed by atoms with E-state index < -0.39 is 0 Å². The monoisotopic (exact) mass is 427 g/mol. The molecule has 2 aliphatic heterocycles. The topological polar surface area (TPSA) is 79.0 Å². The number of morpholine rings is 1. The maximum atomic E-state index is 13.0. The van der Waals surface area contributed by atoms with E-state index >= 15 is 0 Å². The molecule has 158 valence electrons. The van der Waals surface area contributed by atoms with E-state index in [-0.39, 0.29) is 23.6 Å². The molecule has 2 fully saturated rings. The van der Waals surface area contributed by atoms with Crippen molar-refractivity contribution in [3.63, 3.8) is 0 Å². The fraction of sp³-hybridized carbons (Fsp3) is 0.409. The maximum absolute atomic E-state index is 13.0. The van der Waals surface area contributed by atoms with Crippen LogP contribution in [0.25, 0.3) is 0 Å². The number of carbonyl (C=O) groups excluding carboxylic acids is 3. The van der Waals surface area contributed by atoms with Gasteiger partial charge in [0.25, 0.3) is 11.8 Å². The number of amides is 3. The van der Waals surface area contributed by atoms with E-state index in [4.69, 9.17) is 4.74 Å². The van der Waals surface area contributed by atoms with Crippen LogP contribution in [0, 0.1) is 5.92 Å². The molecule has 2 aromatic rings. The molecule has 30 heavy (non-hydrogen) atoms. The molecular weight excluding hydrogens is 402 g/mol. The van der Waals surface area contributed by atoms with Gasteiger partial charge in [0.05, 0.1) is 24.0 Å². The van der Waals surface area contributed by atoms with Crippen molar-refractivity contribution in [1.29, 1.82) is 0 Å². The number of ether oxygens (including phenoxy) is 1. The summed E-state index contributed by atoms with van der Waals surface area (Å²) in [5.74, 6) is -0.261. The molecule has 3 amide bonds. The number of thiophene rings is 1. The number of nitrogens with one attached hydrogen (secondary N) is 1. The van der Waals surface area contributed by atoms with Crippen molar-refractivity contribution < 1.29 is 19.1 Å². The van der Waals surface area contributed by atoms with Gasteiger partial charge >= 0.3 is 0 Å². The average Bonchev–Trinajstić information content (AvgIpc) is 3.34. The molecule has 8 heteroatoms. The normalized spacial score (nSPS) is 19.4. The Hall–Kier alpha value is -2.71. The van der Waals surface area contributed by atoms with Crippen LogP contribution < -0.4 is 5.32 Å². The molecule has 0 saturated carbocycles. The Morgan fingerprint density at radius 3 is 2.47 bits per heavy atom. The summed E-state index contributed by atoms with van der Waals surface area (Å²) in [6.45, 7) is 3.52. The number of nitrogens with zero attached hydrogens (tertiary/aromatic N) is 2. The zero-order chi connectivity index (χ0) is 20.9. The van der Waals surface area contributed by atoms with Crippen LogP contribution in [0.15, 0.2) is 41.8 Å². The summed E-state index contributed by atoms with van der Waals surface area (Å²) in [4.78, 5) is 42.2. The van der Waals surface area contributed by atoms with Crippen LogP contribution in [0.4, 0.5) is 5.69 Å². The van der Waals surface area contributed by atoms with Crippen LogP contribution in [0.3, 0.4) is 0 Å². The third-order valence-corrected chi connectivity index (χ3v) is 6.38. The summed E-state index contributed by atoms with van der Waals surface area (Å²) < 4.78 is 5.32. The molecule has 3 heterocycles. The van der Waals surface area contributed by atoms with Gasteiger partial charge in [0.2, 0.25) is 5.91 Å². The van der Waals surface area contributed by atoms with E-state index in [0.29, 0.717) is 55.5 Å². The Kier molecular flexibility index (Phi) is 6.44. The van der Waals surface area contributed by atoms with E-state index in [2.05, 4.69) is 5.32 Å². The highest BCUT2D eigenvalue weighted by Gasteiger charge is 2.32. The number of benzene rings is 1. The van der Waals surface area contributed by atoms with Gasteiger partial charge in [-0.25, -0.2) is 0 Å². The van der Waals surface area contributed by atoms with Crippen LogP contribution in [0.2, 0.25) is 0 Å². The second-order valence-corrected chi connectivity index (χ2v) is 8.48. The first-order valence-electron chi connectivity index (χ1n) is 10.2. The maximum Gasteiger partial charge on any atom is 0.265 e. The van der Waals surface area contributed by atoms with Crippen molar-refractivity contribution in [3.05, 3.63) is 52.2 Å². The third kappa shape index (κ3) is 4.71. The highest BCUT2D eigenvalue weighted by atomic mass is 32.1. The van der Waals surface area contributed by atoms with Gasteiger partial charge in [-0.2, -0.15) is 0 Å². The lowest BCUT2D eigenvalue weighted by molar-refractivity contribution is -0.141. The Morgan fingerprint density at radius 1 is 1.00 bits per heavy atom. The van der Waals surface area contributed by atoms with Crippen LogP contribution >= 0.6 is 11.3 Å². The van der Waals surface area contributed by atoms with Crippen LogP contribution in [-0.4, -0.2) is 66.9 Å². The molecule has 2 saturated heterocycles. The van der Waals surface area contributed by atoms with E-state index in [1.165, 1.54) is 11.3 Å². The van der Waals surface area contributed by atoms with Crippen molar-refractivity contribution in [2.75, 3.05) is 44.7 Å². The van der Waals surface area contributed by atoms with Gasteiger partial charge in [0.15, 0.2) is 0 Å². The molecule has 1 aromatic carbocycles. The van der Waals surface area contributed by atoms with Gasteiger partial charge < -0.3 is 19.9 Å². The summed E-state index contributed by atoms with van der Waals surface area (Å²) in [6, 6.07) is 10.5. The first-order chi connectivity index (χ1) is 14.6. The van der Waals surface area contributed by atoms with Gasteiger partial charge in [-0.3, -0.25) is 14.4 Å². The highest BCUT2D eigenvalue weighted by molar-refractivity contribution is 7.12. The quantitative estimate of drug-likeness (QED) is 0.814. The van der Waals surface area contributed by atoms with Crippen molar-refractivity contribution in [2.45, 2.75) is 12.8 Å².